The topological polar surface area (TPSA) is 71.7 Å². The number of hydrogen-bond acceptors (Lipinski definition) is 5. The van der Waals surface area contributed by atoms with Crippen molar-refractivity contribution in [3.05, 3.63) is 12.0 Å². The third-order valence-electron chi connectivity index (χ3n) is 1.56. The Bertz CT molecular complexity index is 325. The van der Waals surface area contributed by atoms with E-state index in [0.29, 0.717) is 0 Å². The van der Waals surface area contributed by atoms with E-state index in [1.54, 1.807) is 6.07 Å². The lowest BCUT2D eigenvalue weighted by Crippen LogP contribution is -2.32. The van der Waals surface area contributed by atoms with Crippen molar-refractivity contribution in [1.29, 1.82) is 5.26 Å². The zero-order valence-corrected chi connectivity index (χ0v) is 7.27. The summed E-state index contributed by atoms with van der Waals surface area (Å²) in [5, 5.41) is 8.63. The minimum atomic E-state index is -0.885. The predicted molar refractivity (Wildman–Crippen MR) is 43.9 cm³/mol. The smallest absolute Gasteiger partial charge is 0.217 e. The normalized spacial score (nSPS) is 21.6. The van der Waals surface area contributed by atoms with Crippen LogP contribution in [0.5, 0.6) is 0 Å². The average Bonchev–Trinajstić information content (AvgIpc) is 2.16. The van der Waals surface area contributed by atoms with Gasteiger partial charge in [-0.1, -0.05) is 0 Å². The Morgan fingerprint density at radius 3 is 2.77 bits per heavy atom. The van der Waals surface area contributed by atoms with Gasteiger partial charge in [-0.25, -0.2) is 4.99 Å². The maximum Gasteiger partial charge on any atom is 0.217 e. The van der Waals surface area contributed by atoms with Crippen molar-refractivity contribution >= 4 is 11.5 Å². The van der Waals surface area contributed by atoms with Crippen molar-refractivity contribution in [2.75, 3.05) is 14.2 Å². The van der Waals surface area contributed by atoms with E-state index in [4.69, 9.17) is 14.7 Å². The summed E-state index contributed by atoms with van der Waals surface area (Å²) >= 11 is 0. The van der Waals surface area contributed by atoms with Crippen LogP contribution < -0.4 is 0 Å². The molecule has 1 rings (SSSR count). The van der Waals surface area contributed by atoms with Crippen molar-refractivity contribution in [3.63, 3.8) is 0 Å². The predicted octanol–water partition coefficient (Wildman–Crippen LogP) is 0.0365. The average molecular weight is 180 g/mol. The van der Waals surface area contributed by atoms with E-state index in [2.05, 4.69) is 4.99 Å². The molecule has 0 aromatic carbocycles. The number of ketones is 1. The molecule has 0 N–H and O–H groups in total. The first-order valence-corrected chi connectivity index (χ1v) is 3.54. The van der Waals surface area contributed by atoms with Gasteiger partial charge >= 0.3 is 0 Å². The lowest BCUT2D eigenvalue weighted by atomic mass is 10.1. The summed E-state index contributed by atoms with van der Waals surface area (Å²) in [6.45, 7) is 0. The summed E-state index contributed by atoms with van der Waals surface area (Å²) in [5.74, 6) is -0.194. The van der Waals surface area contributed by atoms with Crippen molar-refractivity contribution in [1.82, 2.24) is 0 Å². The maximum atomic E-state index is 11.3. The van der Waals surface area contributed by atoms with E-state index < -0.39 is 6.10 Å². The number of rotatable bonds is 2. The first-order chi connectivity index (χ1) is 6.22. The molecule has 1 atom stereocenters. The van der Waals surface area contributed by atoms with E-state index in [1.807, 2.05) is 0 Å². The summed E-state index contributed by atoms with van der Waals surface area (Å²) in [5.41, 5.74) is 0.0202. The summed E-state index contributed by atoms with van der Waals surface area (Å²) in [4.78, 5) is 15.0. The van der Waals surface area contributed by atoms with Crippen LogP contribution in [0.1, 0.15) is 0 Å². The van der Waals surface area contributed by atoms with Crippen molar-refractivity contribution < 1.29 is 14.3 Å². The molecule has 1 unspecified atom stereocenters. The Kier molecular flexibility index (Phi) is 2.77. The summed E-state index contributed by atoms with van der Waals surface area (Å²) < 4.78 is 9.53. The zero-order valence-electron chi connectivity index (χ0n) is 7.27. The lowest BCUT2D eigenvalue weighted by molar-refractivity contribution is -0.120. The van der Waals surface area contributed by atoms with Crippen molar-refractivity contribution in [2.24, 2.45) is 4.99 Å². The molecule has 0 radical (unpaired) electrons. The highest BCUT2D eigenvalue weighted by Crippen LogP contribution is 2.10. The fourth-order valence-electron chi connectivity index (χ4n) is 0.958. The Morgan fingerprint density at radius 2 is 2.31 bits per heavy atom. The van der Waals surface area contributed by atoms with Crippen LogP contribution in [-0.2, 0) is 14.3 Å². The van der Waals surface area contributed by atoms with Gasteiger partial charge in [-0.15, -0.1) is 0 Å². The number of carbonyl (C=O) groups excluding carboxylic acids is 1. The highest BCUT2D eigenvalue weighted by Gasteiger charge is 2.27. The van der Waals surface area contributed by atoms with Crippen LogP contribution in [0.25, 0.3) is 0 Å². The van der Waals surface area contributed by atoms with Crippen LogP contribution in [-0.4, -0.2) is 31.8 Å². The summed E-state index contributed by atoms with van der Waals surface area (Å²) in [6.07, 6.45) is 0.318. The van der Waals surface area contributed by atoms with Gasteiger partial charge in [0.15, 0.2) is 17.6 Å². The van der Waals surface area contributed by atoms with E-state index in [0.717, 1.165) is 0 Å². The Balaban J connectivity index is 3.01. The van der Waals surface area contributed by atoms with Crippen molar-refractivity contribution in [3.8, 4) is 6.07 Å². The van der Waals surface area contributed by atoms with Crippen LogP contribution in [0.3, 0.4) is 0 Å². The first-order valence-electron chi connectivity index (χ1n) is 3.54. The molecule has 0 saturated carbocycles. The number of nitriles is 1. The molecule has 0 aliphatic carbocycles. The molecule has 0 fully saturated rings. The lowest BCUT2D eigenvalue weighted by Gasteiger charge is -2.14. The Labute approximate surface area is 75.3 Å². The fourth-order valence-corrected chi connectivity index (χ4v) is 0.958. The molecule has 1 aliphatic heterocycles. The van der Waals surface area contributed by atoms with E-state index in [1.165, 1.54) is 20.3 Å². The SMILES string of the molecule is COC1=CC(=O)C(OC)C(C#N)=N1. The number of hydrogen-bond donors (Lipinski definition) is 0. The highest BCUT2D eigenvalue weighted by molar-refractivity contribution is 6.20. The fraction of sp³-hybridized carbons (Fsp3) is 0.375. The minimum absolute atomic E-state index is 0.0202. The van der Waals surface area contributed by atoms with E-state index >= 15 is 0 Å². The van der Waals surface area contributed by atoms with Crippen molar-refractivity contribution in [2.45, 2.75) is 6.10 Å². The number of ether oxygens (including phenoxy) is 2. The quantitative estimate of drug-likeness (QED) is 0.601. The molecule has 0 aromatic rings. The summed E-state index contributed by atoms with van der Waals surface area (Å²) in [6, 6.07) is 1.78. The molecule has 1 aliphatic rings. The maximum absolute atomic E-state index is 11.3. The first kappa shape index (κ1) is 9.42. The monoisotopic (exact) mass is 180 g/mol. The van der Waals surface area contributed by atoms with Gasteiger partial charge in [-0.2, -0.15) is 5.26 Å². The van der Waals surface area contributed by atoms with Crippen LogP contribution in [0, 0.1) is 11.3 Å². The standard InChI is InChI=1S/C8H8N2O3/c1-12-7-3-6(11)8(13-2)5(4-9)10-7/h3,8H,1-2H3. The molecule has 0 bridgehead atoms. The number of nitrogens with zero attached hydrogens (tertiary/aromatic N) is 2. The molecular weight excluding hydrogens is 172 g/mol. The molecule has 0 saturated heterocycles. The third kappa shape index (κ3) is 1.73. The van der Waals surface area contributed by atoms with Gasteiger partial charge in [0.1, 0.15) is 6.07 Å². The molecule has 0 aromatic heterocycles. The van der Waals surface area contributed by atoms with Crippen LogP contribution in [0.4, 0.5) is 0 Å². The molecule has 68 valence electrons. The second kappa shape index (κ2) is 3.83. The van der Waals surface area contributed by atoms with Gasteiger partial charge < -0.3 is 9.47 Å². The van der Waals surface area contributed by atoms with Gasteiger partial charge in [0.05, 0.1) is 7.11 Å². The van der Waals surface area contributed by atoms with Crippen LogP contribution in [0.15, 0.2) is 17.0 Å². The van der Waals surface area contributed by atoms with Gasteiger partial charge in [-0.05, 0) is 0 Å². The van der Waals surface area contributed by atoms with Gasteiger partial charge in [0, 0.05) is 13.2 Å². The minimum Gasteiger partial charge on any atom is -0.481 e. The Hall–Kier alpha value is -1.67. The molecule has 13 heavy (non-hydrogen) atoms. The molecule has 0 spiro atoms. The molecule has 5 nitrogen and oxygen atoms in total. The number of carbonyl (C=O) groups is 1. The van der Waals surface area contributed by atoms with E-state index in [9.17, 15) is 4.79 Å². The second-order valence-electron chi connectivity index (χ2n) is 2.31. The largest absolute Gasteiger partial charge is 0.481 e. The molecule has 1 heterocycles. The number of methoxy groups -OCH3 is 2. The molecule has 0 amide bonds. The zero-order chi connectivity index (χ0) is 9.84. The van der Waals surface area contributed by atoms with Gasteiger partial charge in [0.25, 0.3) is 0 Å². The summed E-state index contributed by atoms with van der Waals surface area (Å²) in [7, 11) is 2.73. The third-order valence-corrected chi connectivity index (χ3v) is 1.56. The van der Waals surface area contributed by atoms with Gasteiger partial charge in [0.2, 0.25) is 5.88 Å². The second-order valence-corrected chi connectivity index (χ2v) is 2.31. The van der Waals surface area contributed by atoms with Gasteiger partial charge in [-0.3, -0.25) is 4.79 Å². The Morgan fingerprint density at radius 1 is 1.62 bits per heavy atom. The van der Waals surface area contributed by atoms with Crippen LogP contribution in [0.2, 0.25) is 0 Å². The highest BCUT2D eigenvalue weighted by atomic mass is 16.5. The van der Waals surface area contributed by atoms with Crippen LogP contribution >= 0.6 is 0 Å². The molecular formula is C8H8N2O3. The van der Waals surface area contributed by atoms with E-state index in [-0.39, 0.29) is 17.4 Å². The molecule has 5 heteroatoms. The number of aliphatic imine (C=N–C) groups is 1.